The Hall–Kier alpha value is -0.810. The fourth-order valence-corrected chi connectivity index (χ4v) is 3.47. The molecule has 0 aromatic rings. The summed E-state index contributed by atoms with van der Waals surface area (Å²) in [5.74, 6) is 0. The number of urea groups is 1. The van der Waals surface area contributed by atoms with Crippen LogP contribution in [-0.2, 0) is 4.74 Å². The lowest BCUT2D eigenvalue weighted by Gasteiger charge is -2.42. The van der Waals surface area contributed by atoms with Crippen LogP contribution in [0.5, 0.6) is 0 Å². The molecule has 1 saturated carbocycles. The molecule has 0 aromatic carbocycles. The predicted octanol–water partition coefficient (Wildman–Crippen LogP) is 1.93. The number of nitrogens with zero attached hydrogens (tertiary/aromatic N) is 2. The quantitative estimate of drug-likeness (QED) is 0.843. The van der Waals surface area contributed by atoms with E-state index in [1.54, 1.807) is 4.90 Å². The van der Waals surface area contributed by atoms with Crippen molar-refractivity contribution in [3.05, 3.63) is 0 Å². The van der Waals surface area contributed by atoms with Gasteiger partial charge in [0.25, 0.3) is 0 Å². The zero-order valence-corrected chi connectivity index (χ0v) is 13.7. The standard InChI is InChI=1S/C16H31N3O2/c1-3-18(2)15(20)17-13-16(7-5-4-6-8-16)14-19-9-11-21-12-10-19/h3-14H2,1-2H3,(H,17,20). The monoisotopic (exact) mass is 297 g/mol. The van der Waals surface area contributed by atoms with E-state index in [1.807, 2.05) is 14.0 Å². The molecular weight excluding hydrogens is 266 g/mol. The first-order valence-corrected chi connectivity index (χ1v) is 8.44. The van der Waals surface area contributed by atoms with Crippen LogP contribution >= 0.6 is 0 Å². The van der Waals surface area contributed by atoms with E-state index < -0.39 is 0 Å². The first-order chi connectivity index (χ1) is 10.2. The molecule has 1 aliphatic heterocycles. The predicted molar refractivity (Wildman–Crippen MR) is 84.5 cm³/mol. The molecule has 0 unspecified atom stereocenters. The number of nitrogens with one attached hydrogen (secondary N) is 1. The fourth-order valence-electron chi connectivity index (χ4n) is 3.47. The third-order valence-corrected chi connectivity index (χ3v) is 5.01. The number of rotatable bonds is 5. The molecule has 2 aliphatic rings. The normalized spacial score (nSPS) is 22.8. The largest absolute Gasteiger partial charge is 0.379 e. The molecule has 1 aliphatic carbocycles. The summed E-state index contributed by atoms with van der Waals surface area (Å²) in [5, 5.41) is 3.16. The van der Waals surface area contributed by atoms with Crippen molar-refractivity contribution in [2.75, 3.05) is 53.0 Å². The molecule has 1 N–H and O–H groups in total. The Morgan fingerprint density at radius 3 is 2.52 bits per heavy atom. The SMILES string of the molecule is CCN(C)C(=O)NCC1(CN2CCOCC2)CCCCC1. The zero-order chi connectivity index (χ0) is 15.1. The van der Waals surface area contributed by atoms with Gasteiger partial charge in [0.2, 0.25) is 0 Å². The molecule has 0 atom stereocenters. The van der Waals surface area contributed by atoms with E-state index in [0.717, 1.165) is 45.9 Å². The van der Waals surface area contributed by atoms with Crippen LogP contribution in [0.1, 0.15) is 39.0 Å². The lowest BCUT2D eigenvalue weighted by molar-refractivity contribution is 0.00762. The molecule has 21 heavy (non-hydrogen) atoms. The van der Waals surface area contributed by atoms with Crippen molar-refractivity contribution >= 4 is 6.03 Å². The summed E-state index contributed by atoms with van der Waals surface area (Å²) in [7, 11) is 1.85. The van der Waals surface area contributed by atoms with E-state index in [-0.39, 0.29) is 11.4 Å². The smallest absolute Gasteiger partial charge is 0.317 e. The van der Waals surface area contributed by atoms with Crippen molar-refractivity contribution in [3.63, 3.8) is 0 Å². The highest BCUT2D eigenvalue weighted by atomic mass is 16.5. The Bertz CT molecular complexity index is 323. The molecule has 5 nitrogen and oxygen atoms in total. The average Bonchev–Trinajstić information content (AvgIpc) is 2.53. The first-order valence-electron chi connectivity index (χ1n) is 8.44. The van der Waals surface area contributed by atoms with Crippen molar-refractivity contribution < 1.29 is 9.53 Å². The van der Waals surface area contributed by atoms with Gasteiger partial charge < -0.3 is 15.0 Å². The lowest BCUT2D eigenvalue weighted by Crippen LogP contribution is -2.50. The lowest BCUT2D eigenvalue weighted by atomic mass is 9.73. The maximum atomic E-state index is 12.0. The Morgan fingerprint density at radius 2 is 1.90 bits per heavy atom. The van der Waals surface area contributed by atoms with Gasteiger partial charge in [0.15, 0.2) is 0 Å². The summed E-state index contributed by atoms with van der Waals surface area (Å²) in [5.41, 5.74) is 0.264. The molecule has 2 rings (SSSR count). The second-order valence-corrected chi connectivity index (χ2v) is 6.62. The van der Waals surface area contributed by atoms with Crippen molar-refractivity contribution in [2.45, 2.75) is 39.0 Å². The molecule has 0 spiro atoms. The third-order valence-electron chi connectivity index (χ3n) is 5.01. The summed E-state index contributed by atoms with van der Waals surface area (Å²) >= 11 is 0. The molecule has 5 heteroatoms. The molecule has 1 saturated heterocycles. The van der Waals surface area contributed by atoms with Crippen molar-refractivity contribution in [3.8, 4) is 0 Å². The number of carbonyl (C=O) groups excluding carboxylic acids is 1. The Balaban J connectivity index is 1.90. The topological polar surface area (TPSA) is 44.8 Å². The number of hydrogen-bond acceptors (Lipinski definition) is 3. The summed E-state index contributed by atoms with van der Waals surface area (Å²) in [6, 6.07) is 0.0597. The summed E-state index contributed by atoms with van der Waals surface area (Å²) < 4.78 is 5.45. The van der Waals surface area contributed by atoms with Gasteiger partial charge in [-0.05, 0) is 19.8 Å². The minimum absolute atomic E-state index is 0.0597. The highest BCUT2D eigenvalue weighted by Crippen LogP contribution is 2.36. The number of morpholine rings is 1. The molecule has 0 aromatic heterocycles. The number of hydrogen-bond donors (Lipinski definition) is 1. The molecule has 122 valence electrons. The fraction of sp³-hybridized carbons (Fsp3) is 0.938. The van der Waals surface area contributed by atoms with E-state index in [2.05, 4.69) is 10.2 Å². The molecule has 2 amide bonds. The summed E-state index contributed by atoms with van der Waals surface area (Å²) in [6.45, 7) is 8.43. The highest BCUT2D eigenvalue weighted by Gasteiger charge is 2.34. The Kier molecular flexibility index (Phi) is 6.30. The maximum Gasteiger partial charge on any atom is 0.317 e. The molecular formula is C16H31N3O2. The first kappa shape index (κ1) is 16.6. The van der Waals surface area contributed by atoms with Gasteiger partial charge in [-0.15, -0.1) is 0 Å². The van der Waals surface area contributed by atoms with Gasteiger partial charge in [0, 0.05) is 45.2 Å². The molecule has 0 bridgehead atoms. The maximum absolute atomic E-state index is 12.0. The number of carbonyl (C=O) groups is 1. The van der Waals surface area contributed by atoms with Gasteiger partial charge in [-0.3, -0.25) is 4.90 Å². The van der Waals surface area contributed by atoms with E-state index in [1.165, 1.54) is 32.1 Å². The van der Waals surface area contributed by atoms with Crippen LogP contribution in [0.3, 0.4) is 0 Å². The van der Waals surface area contributed by atoms with Gasteiger partial charge in [-0.2, -0.15) is 0 Å². The number of ether oxygens (including phenoxy) is 1. The van der Waals surface area contributed by atoms with Gasteiger partial charge >= 0.3 is 6.03 Å². The van der Waals surface area contributed by atoms with Crippen molar-refractivity contribution in [1.82, 2.24) is 15.1 Å². The van der Waals surface area contributed by atoms with Crippen LogP contribution < -0.4 is 5.32 Å². The summed E-state index contributed by atoms with van der Waals surface area (Å²) in [6.07, 6.45) is 6.41. The van der Waals surface area contributed by atoms with E-state index >= 15 is 0 Å². The van der Waals surface area contributed by atoms with Crippen LogP contribution in [0.15, 0.2) is 0 Å². The van der Waals surface area contributed by atoms with Gasteiger partial charge in [0.1, 0.15) is 0 Å². The minimum atomic E-state index is 0.0597. The third kappa shape index (κ3) is 4.85. The van der Waals surface area contributed by atoms with Gasteiger partial charge in [0.05, 0.1) is 13.2 Å². The Morgan fingerprint density at radius 1 is 1.24 bits per heavy atom. The van der Waals surface area contributed by atoms with Crippen LogP contribution in [-0.4, -0.2) is 68.8 Å². The average molecular weight is 297 g/mol. The highest BCUT2D eigenvalue weighted by molar-refractivity contribution is 5.73. The van der Waals surface area contributed by atoms with Gasteiger partial charge in [-0.1, -0.05) is 19.3 Å². The second kappa shape index (κ2) is 7.99. The zero-order valence-electron chi connectivity index (χ0n) is 13.7. The summed E-state index contributed by atoms with van der Waals surface area (Å²) in [4.78, 5) is 16.3. The van der Waals surface area contributed by atoms with Gasteiger partial charge in [-0.25, -0.2) is 4.79 Å². The second-order valence-electron chi connectivity index (χ2n) is 6.62. The van der Waals surface area contributed by atoms with Crippen LogP contribution in [0.2, 0.25) is 0 Å². The van der Waals surface area contributed by atoms with Crippen LogP contribution in [0, 0.1) is 5.41 Å². The minimum Gasteiger partial charge on any atom is -0.379 e. The van der Waals surface area contributed by atoms with Crippen molar-refractivity contribution in [1.29, 1.82) is 0 Å². The van der Waals surface area contributed by atoms with Crippen LogP contribution in [0.4, 0.5) is 4.79 Å². The van der Waals surface area contributed by atoms with Crippen LogP contribution in [0.25, 0.3) is 0 Å². The van der Waals surface area contributed by atoms with E-state index in [9.17, 15) is 4.79 Å². The molecule has 1 heterocycles. The van der Waals surface area contributed by atoms with E-state index in [4.69, 9.17) is 4.74 Å². The molecule has 2 fully saturated rings. The molecule has 0 radical (unpaired) electrons. The Labute approximate surface area is 129 Å². The van der Waals surface area contributed by atoms with E-state index in [0.29, 0.717) is 0 Å². The van der Waals surface area contributed by atoms with Crippen molar-refractivity contribution in [2.24, 2.45) is 5.41 Å². The number of amides is 2.